The molecule has 0 aromatic carbocycles. The molecule has 6 rings (SSSR count). The lowest BCUT2D eigenvalue weighted by atomic mass is 9.50. The average Bonchev–Trinajstić information content (AvgIpc) is 3.20. The fraction of sp³-hybridized carbons (Fsp3) is 0.696. The molecule has 7 atom stereocenters. The minimum absolute atomic E-state index is 0.0487. The normalized spacial score (nSPS) is 52.2. The van der Waals surface area contributed by atoms with Gasteiger partial charge in [0.15, 0.2) is 0 Å². The number of ketones is 1. The van der Waals surface area contributed by atoms with Gasteiger partial charge in [0.05, 0.1) is 12.2 Å². The van der Waals surface area contributed by atoms with Crippen molar-refractivity contribution in [2.24, 2.45) is 35.0 Å². The zero-order valence-corrected chi connectivity index (χ0v) is 15.2. The van der Waals surface area contributed by atoms with Crippen LogP contribution >= 0.6 is 0 Å². The number of hydrogen-bond acceptors (Lipinski definition) is 2. The van der Waals surface area contributed by atoms with Gasteiger partial charge in [0, 0.05) is 18.3 Å². The van der Waals surface area contributed by atoms with Gasteiger partial charge in [-0.05, 0) is 67.3 Å². The van der Waals surface area contributed by atoms with Crippen molar-refractivity contribution in [3.8, 4) is 0 Å². The second kappa shape index (κ2) is 4.76. The van der Waals surface area contributed by atoms with E-state index < -0.39 is 0 Å². The van der Waals surface area contributed by atoms with Gasteiger partial charge in [-0.2, -0.15) is 0 Å². The highest BCUT2D eigenvalue weighted by Gasteiger charge is 2.76. The van der Waals surface area contributed by atoms with E-state index in [0.717, 1.165) is 37.2 Å². The van der Waals surface area contributed by atoms with Gasteiger partial charge in [0.25, 0.3) is 0 Å². The quantitative estimate of drug-likeness (QED) is 0.653. The maximum Gasteiger partial charge on any atom is 0.137 e. The van der Waals surface area contributed by atoms with Crippen LogP contribution in [0.5, 0.6) is 0 Å². The summed E-state index contributed by atoms with van der Waals surface area (Å²) in [5.74, 6) is 4.26. The monoisotopic (exact) mass is 336 g/mol. The molecule has 0 unspecified atom stereocenters. The number of fused-ring (bicyclic) bond motifs is 8. The van der Waals surface area contributed by atoms with E-state index in [1.807, 2.05) is 0 Å². The molecule has 1 spiro atoms. The molecule has 2 heteroatoms. The molecule has 3 fully saturated rings. The van der Waals surface area contributed by atoms with Gasteiger partial charge in [-0.3, -0.25) is 4.79 Å². The molecule has 0 radical (unpaired) electrons. The van der Waals surface area contributed by atoms with Gasteiger partial charge in [0.1, 0.15) is 5.78 Å². The Bertz CT molecular complexity index is 743. The number of hydrogen-bond donors (Lipinski definition) is 0. The van der Waals surface area contributed by atoms with Crippen LogP contribution in [0.2, 0.25) is 0 Å². The Balaban J connectivity index is 1.42. The SMILES string of the molecule is CC[C@]12CC[C@@H]3C4=C(C=C[C@H]3[C@@H]1[C@@H]1C[C@@H]1[C@@]21C=CCO1)CC(=O)CC4. The van der Waals surface area contributed by atoms with Crippen molar-refractivity contribution in [3.63, 3.8) is 0 Å². The highest BCUT2D eigenvalue weighted by molar-refractivity contribution is 5.83. The first-order chi connectivity index (χ1) is 12.2. The van der Waals surface area contributed by atoms with Gasteiger partial charge < -0.3 is 4.74 Å². The summed E-state index contributed by atoms with van der Waals surface area (Å²) < 4.78 is 6.53. The molecule has 132 valence electrons. The van der Waals surface area contributed by atoms with Crippen molar-refractivity contribution in [3.05, 3.63) is 35.5 Å². The molecule has 3 saturated carbocycles. The molecular formula is C23H28O2. The Morgan fingerprint density at radius 2 is 2.24 bits per heavy atom. The van der Waals surface area contributed by atoms with E-state index in [1.54, 1.807) is 5.57 Å². The van der Waals surface area contributed by atoms with Crippen LogP contribution in [0.15, 0.2) is 35.5 Å². The van der Waals surface area contributed by atoms with Crippen molar-refractivity contribution in [1.82, 2.24) is 0 Å². The highest BCUT2D eigenvalue weighted by atomic mass is 16.5. The first kappa shape index (κ1) is 15.0. The third kappa shape index (κ3) is 1.64. The molecule has 6 aliphatic rings. The first-order valence-corrected chi connectivity index (χ1v) is 10.4. The summed E-state index contributed by atoms with van der Waals surface area (Å²) in [7, 11) is 0. The lowest BCUT2D eigenvalue weighted by molar-refractivity contribution is -0.127. The second-order valence-electron chi connectivity index (χ2n) is 9.40. The lowest BCUT2D eigenvalue weighted by Gasteiger charge is -2.56. The van der Waals surface area contributed by atoms with E-state index >= 15 is 0 Å². The molecule has 0 aromatic heterocycles. The third-order valence-corrected chi connectivity index (χ3v) is 8.90. The minimum Gasteiger partial charge on any atom is -0.366 e. The molecule has 2 nitrogen and oxygen atoms in total. The standard InChI is InChI=1S/C23H28O2/c1-2-22-10-8-17-16-7-5-15(24)12-14(16)4-6-18(17)21(22)19-13-20(19)23(22)9-3-11-25-23/h3-4,6,9,17-21H,2,5,7-8,10-13H2,1H3/t17-,18-,19-,20+,21-,22+,23+/m1/s1. The molecule has 0 N–H and O–H groups in total. The fourth-order valence-corrected chi connectivity index (χ4v) is 8.03. The molecule has 5 aliphatic carbocycles. The van der Waals surface area contributed by atoms with Gasteiger partial charge in [-0.25, -0.2) is 0 Å². The number of carbonyl (C=O) groups excluding carboxylic acids is 1. The van der Waals surface area contributed by atoms with Gasteiger partial charge in [-0.1, -0.05) is 36.8 Å². The maximum absolute atomic E-state index is 11.9. The summed E-state index contributed by atoms with van der Waals surface area (Å²) in [5.41, 5.74) is 3.42. The summed E-state index contributed by atoms with van der Waals surface area (Å²) in [6.07, 6.45) is 17.3. The smallest absolute Gasteiger partial charge is 0.137 e. The predicted octanol–water partition coefficient (Wildman–Crippen LogP) is 4.62. The molecule has 0 bridgehead atoms. The number of allylic oxidation sites excluding steroid dienone is 4. The summed E-state index contributed by atoms with van der Waals surface area (Å²) in [5, 5.41) is 0. The van der Waals surface area contributed by atoms with Crippen LogP contribution in [0.1, 0.15) is 51.9 Å². The van der Waals surface area contributed by atoms with Gasteiger partial charge in [-0.15, -0.1) is 0 Å². The van der Waals surface area contributed by atoms with Crippen molar-refractivity contribution in [2.75, 3.05) is 6.61 Å². The van der Waals surface area contributed by atoms with Crippen LogP contribution in [-0.2, 0) is 9.53 Å². The van der Waals surface area contributed by atoms with Crippen LogP contribution in [-0.4, -0.2) is 18.0 Å². The van der Waals surface area contributed by atoms with Crippen molar-refractivity contribution >= 4 is 5.78 Å². The van der Waals surface area contributed by atoms with Crippen molar-refractivity contribution in [1.29, 1.82) is 0 Å². The molecule has 0 aromatic rings. The summed E-state index contributed by atoms with van der Waals surface area (Å²) in [4.78, 5) is 11.9. The highest BCUT2D eigenvalue weighted by Crippen LogP contribution is 2.77. The summed E-state index contributed by atoms with van der Waals surface area (Å²) in [6.45, 7) is 3.23. The number of rotatable bonds is 1. The number of carbonyl (C=O) groups is 1. The molecule has 0 amide bonds. The van der Waals surface area contributed by atoms with Crippen LogP contribution in [0, 0.1) is 35.0 Å². The molecule has 1 heterocycles. The molecule has 25 heavy (non-hydrogen) atoms. The first-order valence-electron chi connectivity index (χ1n) is 10.4. The summed E-state index contributed by atoms with van der Waals surface area (Å²) >= 11 is 0. The van der Waals surface area contributed by atoms with Crippen LogP contribution < -0.4 is 0 Å². The van der Waals surface area contributed by atoms with E-state index in [4.69, 9.17) is 4.74 Å². The number of Topliss-reactive ketones (excluding diaryl/α,β-unsaturated/α-hetero) is 1. The third-order valence-electron chi connectivity index (χ3n) is 8.90. The van der Waals surface area contributed by atoms with Crippen molar-refractivity contribution < 1.29 is 9.53 Å². The van der Waals surface area contributed by atoms with Crippen LogP contribution in [0.3, 0.4) is 0 Å². The Morgan fingerprint density at radius 1 is 1.32 bits per heavy atom. The Labute approximate surface area is 150 Å². The fourth-order valence-electron chi connectivity index (χ4n) is 8.03. The Kier molecular flexibility index (Phi) is 2.85. The van der Waals surface area contributed by atoms with E-state index in [-0.39, 0.29) is 5.60 Å². The van der Waals surface area contributed by atoms with E-state index in [9.17, 15) is 4.79 Å². The van der Waals surface area contributed by atoms with Crippen molar-refractivity contribution in [2.45, 2.75) is 57.5 Å². The summed E-state index contributed by atoms with van der Waals surface area (Å²) in [6, 6.07) is 0. The van der Waals surface area contributed by atoms with E-state index in [1.165, 1.54) is 31.3 Å². The van der Waals surface area contributed by atoms with Gasteiger partial charge in [0.2, 0.25) is 0 Å². The minimum atomic E-state index is 0.0487. The lowest BCUT2D eigenvalue weighted by Crippen LogP contribution is -2.54. The zero-order chi connectivity index (χ0) is 16.8. The predicted molar refractivity (Wildman–Crippen MR) is 96.9 cm³/mol. The average molecular weight is 336 g/mol. The topological polar surface area (TPSA) is 26.3 Å². The van der Waals surface area contributed by atoms with Crippen LogP contribution in [0.4, 0.5) is 0 Å². The Hall–Kier alpha value is -1.15. The van der Waals surface area contributed by atoms with Crippen LogP contribution in [0.25, 0.3) is 0 Å². The van der Waals surface area contributed by atoms with E-state index in [2.05, 4.69) is 31.2 Å². The largest absolute Gasteiger partial charge is 0.366 e. The van der Waals surface area contributed by atoms with E-state index in [0.29, 0.717) is 29.5 Å². The maximum atomic E-state index is 11.9. The number of ether oxygens (including phenoxy) is 1. The molecule has 0 saturated heterocycles. The Morgan fingerprint density at radius 3 is 3.04 bits per heavy atom. The molecular weight excluding hydrogens is 308 g/mol. The van der Waals surface area contributed by atoms with Gasteiger partial charge >= 0.3 is 0 Å². The molecule has 1 aliphatic heterocycles. The zero-order valence-electron chi connectivity index (χ0n) is 15.2. The second-order valence-corrected chi connectivity index (χ2v) is 9.40.